The summed E-state index contributed by atoms with van der Waals surface area (Å²) in [5, 5.41) is 2.98. The fourth-order valence-corrected chi connectivity index (χ4v) is 1.35. The van der Waals surface area contributed by atoms with Crippen molar-refractivity contribution in [2.45, 2.75) is 32.5 Å². The molecule has 1 aromatic heterocycles. The second kappa shape index (κ2) is 9.70. The van der Waals surface area contributed by atoms with Gasteiger partial charge in [-0.05, 0) is 19.4 Å². The molecule has 126 valence electrons. The highest BCUT2D eigenvalue weighted by molar-refractivity contribution is 14.0. The molecule has 0 aromatic carbocycles. The highest BCUT2D eigenvalue weighted by Gasteiger charge is 2.30. The van der Waals surface area contributed by atoms with Gasteiger partial charge < -0.3 is 15.8 Å². The van der Waals surface area contributed by atoms with E-state index in [1.54, 1.807) is 0 Å². The SMILES string of the molecule is CCC(C)NC(N)=NCCOc1ccc(C(F)(F)F)cn1.I. The predicted molar refractivity (Wildman–Crippen MR) is 89.5 cm³/mol. The van der Waals surface area contributed by atoms with Crippen LogP contribution in [0.25, 0.3) is 0 Å². The first kappa shape index (κ1) is 20.7. The van der Waals surface area contributed by atoms with E-state index in [9.17, 15) is 13.2 Å². The zero-order valence-electron chi connectivity index (χ0n) is 12.4. The summed E-state index contributed by atoms with van der Waals surface area (Å²) in [7, 11) is 0. The Morgan fingerprint density at radius 2 is 2.14 bits per heavy atom. The lowest BCUT2D eigenvalue weighted by Crippen LogP contribution is -2.38. The molecule has 1 unspecified atom stereocenters. The third-order valence-corrected chi connectivity index (χ3v) is 2.69. The average Bonchev–Trinajstić information content (AvgIpc) is 2.43. The zero-order valence-corrected chi connectivity index (χ0v) is 14.7. The van der Waals surface area contributed by atoms with Gasteiger partial charge in [0, 0.05) is 18.3 Å². The molecule has 1 atom stereocenters. The molecular formula is C13H20F3IN4O. The van der Waals surface area contributed by atoms with Crippen LogP contribution in [0.2, 0.25) is 0 Å². The van der Waals surface area contributed by atoms with E-state index in [1.807, 2.05) is 13.8 Å². The number of rotatable bonds is 6. The summed E-state index contributed by atoms with van der Waals surface area (Å²) < 4.78 is 42.2. The lowest BCUT2D eigenvalue weighted by molar-refractivity contribution is -0.137. The molecular weight excluding hydrogens is 412 g/mol. The zero-order chi connectivity index (χ0) is 15.9. The van der Waals surface area contributed by atoms with E-state index in [4.69, 9.17) is 10.5 Å². The topological polar surface area (TPSA) is 72.5 Å². The molecule has 0 aliphatic heterocycles. The summed E-state index contributed by atoms with van der Waals surface area (Å²) in [5.74, 6) is 0.431. The van der Waals surface area contributed by atoms with Gasteiger partial charge in [0.15, 0.2) is 5.96 Å². The van der Waals surface area contributed by atoms with Gasteiger partial charge in [-0.25, -0.2) is 9.98 Å². The number of nitrogens with one attached hydrogen (secondary N) is 1. The van der Waals surface area contributed by atoms with E-state index < -0.39 is 11.7 Å². The molecule has 0 spiro atoms. The number of hydrogen-bond acceptors (Lipinski definition) is 3. The van der Waals surface area contributed by atoms with Crippen LogP contribution in [0.15, 0.2) is 23.3 Å². The summed E-state index contributed by atoms with van der Waals surface area (Å²) in [6.45, 7) is 4.47. The first-order valence-corrected chi connectivity index (χ1v) is 6.55. The highest BCUT2D eigenvalue weighted by atomic mass is 127. The van der Waals surface area contributed by atoms with Gasteiger partial charge in [0.05, 0.1) is 12.1 Å². The Morgan fingerprint density at radius 1 is 1.45 bits per heavy atom. The smallest absolute Gasteiger partial charge is 0.417 e. The molecule has 1 aromatic rings. The van der Waals surface area contributed by atoms with Crippen molar-refractivity contribution in [3.8, 4) is 5.88 Å². The summed E-state index contributed by atoms with van der Waals surface area (Å²) in [5.41, 5.74) is 4.83. The largest absolute Gasteiger partial charge is 0.476 e. The van der Waals surface area contributed by atoms with Crippen molar-refractivity contribution in [3.05, 3.63) is 23.9 Å². The van der Waals surface area contributed by atoms with E-state index in [2.05, 4.69) is 15.3 Å². The number of guanidine groups is 1. The van der Waals surface area contributed by atoms with E-state index in [0.29, 0.717) is 5.96 Å². The molecule has 5 nitrogen and oxygen atoms in total. The van der Waals surface area contributed by atoms with Gasteiger partial charge in [0.1, 0.15) is 6.61 Å². The molecule has 0 aliphatic carbocycles. The van der Waals surface area contributed by atoms with E-state index in [0.717, 1.165) is 18.7 Å². The summed E-state index contributed by atoms with van der Waals surface area (Å²) >= 11 is 0. The minimum Gasteiger partial charge on any atom is -0.476 e. The second-order valence-corrected chi connectivity index (χ2v) is 4.45. The maximum Gasteiger partial charge on any atom is 0.417 e. The molecule has 1 heterocycles. The fourth-order valence-electron chi connectivity index (χ4n) is 1.35. The Morgan fingerprint density at radius 3 is 2.64 bits per heavy atom. The van der Waals surface area contributed by atoms with Crippen molar-refractivity contribution in [1.82, 2.24) is 10.3 Å². The van der Waals surface area contributed by atoms with Gasteiger partial charge in [0.2, 0.25) is 5.88 Å². The van der Waals surface area contributed by atoms with Gasteiger partial charge >= 0.3 is 6.18 Å². The normalized spacial score (nSPS) is 13.2. The highest BCUT2D eigenvalue weighted by Crippen LogP contribution is 2.29. The van der Waals surface area contributed by atoms with Crippen molar-refractivity contribution >= 4 is 29.9 Å². The number of aliphatic imine (C=N–C) groups is 1. The molecule has 0 amide bonds. The van der Waals surface area contributed by atoms with Crippen LogP contribution >= 0.6 is 24.0 Å². The van der Waals surface area contributed by atoms with Gasteiger partial charge in [-0.1, -0.05) is 6.92 Å². The Balaban J connectivity index is 0.00000441. The number of nitrogens with two attached hydrogens (primary N) is 1. The molecule has 0 saturated carbocycles. The quantitative estimate of drug-likeness (QED) is 0.314. The number of halogens is 4. The Bertz CT molecular complexity index is 465. The molecule has 0 bridgehead atoms. The standard InChI is InChI=1S/C13H19F3N4O.HI/c1-3-9(2)20-12(17)18-6-7-21-11-5-4-10(8-19-11)13(14,15)16;/h4-5,8-9H,3,6-7H2,1-2H3,(H3,17,18,20);1H. The third-order valence-electron chi connectivity index (χ3n) is 2.69. The minimum absolute atomic E-state index is 0. The maximum atomic E-state index is 12.3. The fraction of sp³-hybridized carbons (Fsp3) is 0.538. The summed E-state index contributed by atoms with van der Waals surface area (Å²) in [6.07, 6.45) is -2.74. The first-order valence-electron chi connectivity index (χ1n) is 6.55. The maximum absolute atomic E-state index is 12.3. The van der Waals surface area contributed by atoms with E-state index >= 15 is 0 Å². The average molecular weight is 432 g/mol. The number of alkyl halides is 3. The van der Waals surface area contributed by atoms with Crippen LogP contribution in [0.1, 0.15) is 25.8 Å². The lowest BCUT2D eigenvalue weighted by Gasteiger charge is -2.11. The number of ether oxygens (including phenoxy) is 1. The lowest BCUT2D eigenvalue weighted by atomic mass is 10.3. The summed E-state index contributed by atoms with van der Waals surface area (Å²) in [6, 6.07) is 2.32. The van der Waals surface area contributed by atoms with Crippen LogP contribution in [-0.2, 0) is 6.18 Å². The molecule has 9 heteroatoms. The number of pyridine rings is 1. The Kier molecular flexibility index (Phi) is 9.14. The van der Waals surface area contributed by atoms with Crippen molar-refractivity contribution in [2.75, 3.05) is 13.2 Å². The van der Waals surface area contributed by atoms with Crippen molar-refractivity contribution in [3.63, 3.8) is 0 Å². The van der Waals surface area contributed by atoms with Gasteiger partial charge in [-0.15, -0.1) is 24.0 Å². The van der Waals surface area contributed by atoms with Crippen molar-refractivity contribution < 1.29 is 17.9 Å². The van der Waals surface area contributed by atoms with E-state index in [-0.39, 0.29) is 49.1 Å². The summed E-state index contributed by atoms with van der Waals surface area (Å²) in [4.78, 5) is 7.62. The van der Waals surface area contributed by atoms with Crippen LogP contribution < -0.4 is 15.8 Å². The number of hydrogen-bond donors (Lipinski definition) is 2. The minimum atomic E-state index is -4.40. The first-order chi connectivity index (χ1) is 9.82. The number of aromatic nitrogens is 1. The van der Waals surface area contributed by atoms with Crippen LogP contribution in [-0.4, -0.2) is 30.1 Å². The monoisotopic (exact) mass is 432 g/mol. The third kappa shape index (κ3) is 7.66. The van der Waals surface area contributed by atoms with E-state index in [1.165, 1.54) is 6.07 Å². The van der Waals surface area contributed by atoms with Crippen LogP contribution in [0.4, 0.5) is 13.2 Å². The molecule has 0 saturated heterocycles. The van der Waals surface area contributed by atoms with Gasteiger partial charge in [-0.3, -0.25) is 0 Å². The van der Waals surface area contributed by atoms with Gasteiger partial charge in [0.25, 0.3) is 0 Å². The molecule has 3 N–H and O–H groups in total. The predicted octanol–water partition coefficient (Wildman–Crippen LogP) is 2.80. The molecule has 0 aliphatic rings. The molecule has 22 heavy (non-hydrogen) atoms. The van der Waals surface area contributed by atoms with Crippen molar-refractivity contribution in [2.24, 2.45) is 10.7 Å². The second-order valence-electron chi connectivity index (χ2n) is 4.45. The number of nitrogens with zero attached hydrogens (tertiary/aromatic N) is 2. The van der Waals surface area contributed by atoms with Crippen molar-refractivity contribution in [1.29, 1.82) is 0 Å². The molecule has 0 radical (unpaired) electrons. The Labute approximate surface area is 144 Å². The van der Waals surface area contributed by atoms with Crippen LogP contribution in [0.3, 0.4) is 0 Å². The molecule has 1 rings (SSSR count). The molecule has 0 fully saturated rings. The van der Waals surface area contributed by atoms with Crippen LogP contribution in [0.5, 0.6) is 5.88 Å². The van der Waals surface area contributed by atoms with Gasteiger partial charge in [-0.2, -0.15) is 13.2 Å². The van der Waals surface area contributed by atoms with Crippen LogP contribution in [0, 0.1) is 0 Å². The Hall–Kier alpha value is -1.26.